The molecule has 0 aliphatic heterocycles. The first-order valence-electron chi connectivity index (χ1n) is 3.92. The Morgan fingerprint density at radius 3 is 2.80 bits per heavy atom. The fourth-order valence-corrected chi connectivity index (χ4v) is 1.88. The Bertz CT molecular complexity index is 197. The Morgan fingerprint density at radius 2 is 2.20 bits per heavy atom. The molecular formula is C9H11Br. The molecule has 0 heterocycles. The SMILES string of the molecule is BrC1=CC(C2CC2)=CCC1. The monoisotopic (exact) mass is 198 g/mol. The normalized spacial score (nSPS) is 25.7. The molecule has 1 saturated carbocycles. The first kappa shape index (κ1) is 6.66. The van der Waals surface area contributed by atoms with Gasteiger partial charge in [-0.25, -0.2) is 0 Å². The van der Waals surface area contributed by atoms with E-state index >= 15 is 0 Å². The third-order valence-corrected chi connectivity index (χ3v) is 2.76. The molecule has 0 bridgehead atoms. The number of halogens is 1. The van der Waals surface area contributed by atoms with Crippen molar-refractivity contribution in [1.29, 1.82) is 0 Å². The Balaban J connectivity index is 2.12. The van der Waals surface area contributed by atoms with Gasteiger partial charge in [0.1, 0.15) is 0 Å². The van der Waals surface area contributed by atoms with E-state index in [1.54, 1.807) is 5.57 Å². The van der Waals surface area contributed by atoms with Crippen LogP contribution in [-0.2, 0) is 0 Å². The van der Waals surface area contributed by atoms with Crippen LogP contribution in [0.3, 0.4) is 0 Å². The zero-order chi connectivity index (χ0) is 6.97. The van der Waals surface area contributed by atoms with Crippen molar-refractivity contribution in [3.8, 4) is 0 Å². The quantitative estimate of drug-likeness (QED) is 0.607. The molecule has 0 N–H and O–H groups in total. The van der Waals surface area contributed by atoms with Crippen LogP contribution in [0, 0.1) is 5.92 Å². The number of hydrogen-bond acceptors (Lipinski definition) is 0. The van der Waals surface area contributed by atoms with E-state index in [0.717, 1.165) is 5.92 Å². The van der Waals surface area contributed by atoms with Crippen molar-refractivity contribution < 1.29 is 0 Å². The van der Waals surface area contributed by atoms with Crippen LogP contribution < -0.4 is 0 Å². The maximum Gasteiger partial charge on any atom is -0.00436 e. The number of hydrogen-bond donors (Lipinski definition) is 0. The van der Waals surface area contributed by atoms with E-state index in [-0.39, 0.29) is 0 Å². The maximum atomic E-state index is 3.54. The van der Waals surface area contributed by atoms with E-state index in [1.807, 2.05) is 0 Å². The van der Waals surface area contributed by atoms with Crippen LogP contribution in [-0.4, -0.2) is 0 Å². The van der Waals surface area contributed by atoms with Crippen LogP contribution in [0.2, 0.25) is 0 Å². The Labute approximate surface area is 70.1 Å². The zero-order valence-electron chi connectivity index (χ0n) is 5.94. The summed E-state index contributed by atoms with van der Waals surface area (Å²) < 4.78 is 1.39. The van der Waals surface area contributed by atoms with E-state index in [2.05, 4.69) is 28.1 Å². The van der Waals surface area contributed by atoms with Crippen LogP contribution in [0.4, 0.5) is 0 Å². The third-order valence-electron chi connectivity index (χ3n) is 2.14. The summed E-state index contributed by atoms with van der Waals surface area (Å²) >= 11 is 3.54. The van der Waals surface area contributed by atoms with E-state index in [4.69, 9.17) is 0 Å². The lowest BCUT2D eigenvalue weighted by Gasteiger charge is -2.07. The molecule has 0 nitrogen and oxygen atoms in total. The van der Waals surface area contributed by atoms with Crippen molar-refractivity contribution in [3.63, 3.8) is 0 Å². The van der Waals surface area contributed by atoms with Gasteiger partial charge in [-0.05, 0) is 47.7 Å². The summed E-state index contributed by atoms with van der Waals surface area (Å²) in [6.45, 7) is 0. The molecule has 1 fully saturated rings. The van der Waals surface area contributed by atoms with Gasteiger partial charge >= 0.3 is 0 Å². The lowest BCUT2D eigenvalue weighted by Crippen LogP contribution is -1.88. The molecule has 0 spiro atoms. The molecule has 0 aromatic rings. The van der Waals surface area contributed by atoms with Gasteiger partial charge in [0.05, 0.1) is 0 Å². The number of allylic oxidation sites excluding steroid dienone is 4. The molecule has 0 aromatic carbocycles. The van der Waals surface area contributed by atoms with Crippen molar-refractivity contribution >= 4 is 15.9 Å². The maximum absolute atomic E-state index is 3.54. The highest BCUT2D eigenvalue weighted by atomic mass is 79.9. The van der Waals surface area contributed by atoms with Gasteiger partial charge in [0, 0.05) is 0 Å². The van der Waals surface area contributed by atoms with Gasteiger partial charge in [-0.1, -0.05) is 22.0 Å². The fourth-order valence-electron chi connectivity index (χ4n) is 1.39. The van der Waals surface area contributed by atoms with Crippen LogP contribution >= 0.6 is 15.9 Å². The summed E-state index contributed by atoms with van der Waals surface area (Å²) in [6.07, 6.45) is 9.98. The zero-order valence-corrected chi connectivity index (χ0v) is 7.52. The molecule has 1 heteroatoms. The topological polar surface area (TPSA) is 0 Å². The van der Waals surface area contributed by atoms with Crippen LogP contribution in [0.5, 0.6) is 0 Å². The second-order valence-corrected chi connectivity index (χ2v) is 4.13. The van der Waals surface area contributed by atoms with Gasteiger partial charge in [-0.2, -0.15) is 0 Å². The molecular weight excluding hydrogens is 188 g/mol. The molecule has 0 saturated heterocycles. The molecule has 2 aliphatic carbocycles. The Morgan fingerprint density at radius 1 is 1.40 bits per heavy atom. The molecule has 0 radical (unpaired) electrons. The fraction of sp³-hybridized carbons (Fsp3) is 0.556. The minimum Gasteiger partial charge on any atom is -0.0807 e. The Kier molecular flexibility index (Phi) is 1.69. The summed E-state index contributed by atoms with van der Waals surface area (Å²) in [5.41, 5.74) is 1.58. The van der Waals surface area contributed by atoms with Gasteiger partial charge in [0.15, 0.2) is 0 Å². The van der Waals surface area contributed by atoms with Crippen molar-refractivity contribution in [2.45, 2.75) is 25.7 Å². The number of rotatable bonds is 1. The first-order valence-corrected chi connectivity index (χ1v) is 4.71. The summed E-state index contributed by atoms with van der Waals surface area (Å²) in [4.78, 5) is 0. The smallest absolute Gasteiger partial charge is 0.00436 e. The van der Waals surface area contributed by atoms with Crippen molar-refractivity contribution in [2.24, 2.45) is 5.92 Å². The average Bonchev–Trinajstić information content (AvgIpc) is 2.68. The minimum absolute atomic E-state index is 0.924. The van der Waals surface area contributed by atoms with Crippen molar-refractivity contribution in [3.05, 3.63) is 22.2 Å². The van der Waals surface area contributed by atoms with Gasteiger partial charge in [-0.15, -0.1) is 0 Å². The Hall–Kier alpha value is -0.0400. The second-order valence-electron chi connectivity index (χ2n) is 3.11. The van der Waals surface area contributed by atoms with E-state index in [9.17, 15) is 0 Å². The predicted octanol–water partition coefficient (Wildman–Crippen LogP) is 3.40. The standard InChI is InChI=1S/C9H11Br/c10-9-3-1-2-8(6-9)7-4-5-7/h2,6-7H,1,3-5H2. The molecule has 2 aliphatic rings. The largest absolute Gasteiger partial charge is 0.0807 e. The molecule has 0 unspecified atom stereocenters. The van der Waals surface area contributed by atoms with Gasteiger partial charge in [0.2, 0.25) is 0 Å². The lowest BCUT2D eigenvalue weighted by atomic mass is 10.0. The molecule has 0 amide bonds. The predicted molar refractivity (Wildman–Crippen MR) is 47.1 cm³/mol. The van der Waals surface area contributed by atoms with Gasteiger partial charge in [0.25, 0.3) is 0 Å². The van der Waals surface area contributed by atoms with E-state index in [0.29, 0.717) is 0 Å². The van der Waals surface area contributed by atoms with E-state index in [1.165, 1.54) is 30.2 Å². The molecule has 2 rings (SSSR count). The average molecular weight is 199 g/mol. The molecule has 0 aromatic heterocycles. The highest BCUT2D eigenvalue weighted by molar-refractivity contribution is 9.11. The summed E-state index contributed by atoms with van der Waals surface area (Å²) in [5, 5.41) is 0. The van der Waals surface area contributed by atoms with E-state index < -0.39 is 0 Å². The first-order chi connectivity index (χ1) is 4.86. The lowest BCUT2D eigenvalue weighted by molar-refractivity contribution is 0.943. The molecule has 10 heavy (non-hydrogen) atoms. The second kappa shape index (κ2) is 2.54. The van der Waals surface area contributed by atoms with Crippen molar-refractivity contribution in [2.75, 3.05) is 0 Å². The van der Waals surface area contributed by atoms with Crippen LogP contribution in [0.1, 0.15) is 25.7 Å². The highest BCUT2D eigenvalue weighted by Gasteiger charge is 2.25. The van der Waals surface area contributed by atoms with Gasteiger partial charge in [-0.3, -0.25) is 0 Å². The summed E-state index contributed by atoms with van der Waals surface area (Å²) in [7, 11) is 0. The molecule has 0 atom stereocenters. The van der Waals surface area contributed by atoms with Crippen LogP contribution in [0.15, 0.2) is 22.2 Å². The third kappa shape index (κ3) is 1.34. The minimum atomic E-state index is 0.924. The summed E-state index contributed by atoms with van der Waals surface area (Å²) in [6, 6.07) is 0. The summed E-state index contributed by atoms with van der Waals surface area (Å²) in [5.74, 6) is 0.924. The molecule has 54 valence electrons. The van der Waals surface area contributed by atoms with Gasteiger partial charge < -0.3 is 0 Å². The highest BCUT2D eigenvalue weighted by Crippen LogP contribution is 2.40. The van der Waals surface area contributed by atoms with Crippen molar-refractivity contribution in [1.82, 2.24) is 0 Å². The van der Waals surface area contributed by atoms with Crippen LogP contribution in [0.25, 0.3) is 0 Å².